The van der Waals surface area contributed by atoms with Crippen LogP contribution in [0.2, 0.25) is 0 Å². The molecule has 1 aromatic heterocycles. The van der Waals surface area contributed by atoms with Crippen LogP contribution in [0, 0.1) is 5.92 Å². The molecule has 0 radical (unpaired) electrons. The van der Waals surface area contributed by atoms with E-state index in [1.807, 2.05) is 6.92 Å². The highest BCUT2D eigenvalue weighted by atomic mass is 32.1. The van der Waals surface area contributed by atoms with Crippen molar-refractivity contribution in [2.24, 2.45) is 11.7 Å². The SMILES string of the molecule is CC(N)c1csc(CC2CCN(C(C)C)C2)n1. The average molecular weight is 253 g/mol. The minimum Gasteiger partial charge on any atom is -0.323 e. The van der Waals surface area contributed by atoms with Crippen LogP contribution < -0.4 is 5.73 Å². The highest BCUT2D eigenvalue weighted by Gasteiger charge is 2.25. The van der Waals surface area contributed by atoms with Crippen LogP contribution in [0.1, 0.15) is 43.9 Å². The van der Waals surface area contributed by atoms with Crippen molar-refractivity contribution in [1.82, 2.24) is 9.88 Å². The molecule has 2 rings (SSSR count). The van der Waals surface area contributed by atoms with Crippen molar-refractivity contribution in [3.8, 4) is 0 Å². The highest BCUT2D eigenvalue weighted by molar-refractivity contribution is 7.09. The summed E-state index contributed by atoms with van der Waals surface area (Å²) in [7, 11) is 0. The molecule has 17 heavy (non-hydrogen) atoms. The molecular weight excluding hydrogens is 230 g/mol. The molecule has 2 N–H and O–H groups in total. The maximum absolute atomic E-state index is 5.83. The lowest BCUT2D eigenvalue weighted by atomic mass is 10.1. The normalized spacial score (nSPS) is 23.5. The van der Waals surface area contributed by atoms with E-state index in [1.165, 1.54) is 24.5 Å². The van der Waals surface area contributed by atoms with E-state index in [0.717, 1.165) is 18.0 Å². The summed E-state index contributed by atoms with van der Waals surface area (Å²) in [5.41, 5.74) is 6.88. The number of aromatic nitrogens is 1. The van der Waals surface area contributed by atoms with Crippen molar-refractivity contribution < 1.29 is 0 Å². The van der Waals surface area contributed by atoms with E-state index in [-0.39, 0.29) is 6.04 Å². The van der Waals surface area contributed by atoms with E-state index in [0.29, 0.717) is 6.04 Å². The van der Waals surface area contributed by atoms with E-state index in [9.17, 15) is 0 Å². The zero-order valence-corrected chi connectivity index (χ0v) is 11.8. The summed E-state index contributed by atoms with van der Waals surface area (Å²) in [6, 6.07) is 0.742. The lowest BCUT2D eigenvalue weighted by Gasteiger charge is -2.19. The Labute approximate surface area is 108 Å². The van der Waals surface area contributed by atoms with Gasteiger partial charge in [-0.1, -0.05) is 0 Å². The lowest BCUT2D eigenvalue weighted by Crippen LogP contribution is -2.28. The van der Waals surface area contributed by atoms with Crippen LogP contribution in [0.15, 0.2) is 5.38 Å². The Balaban J connectivity index is 1.89. The summed E-state index contributed by atoms with van der Waals surface area (Å²) < 4.78 is 0. The number of thiazole rings is 1. The van der Waals surface area contributed by atoms with Crippen molar-refractivity contribution >= 4 is 11.3 Å². The molecule has 0 saturated carbocycles. The zero-order valence-electron chi connectivity index (χ0n) is 11.0. The largest absolute Gasteiger partial charge is 0.323 e. The zero-order chi connectivity index (χ0) is 12.4. The average Bonchev–Trinajstić information content (AvgIpc) is 2.87. The number of nitrogens with two attached hydrogens (primary N) is 1. The van der Waals surface area contributed by atoms with Crippen LogP contribution in [0.5, 0.6) is 0 Å². The molecule has 1 fully saturated rings. The first-order valence-electron chi connectivity index (χ1n) is 6.50. The van der Waals surface area contributed by atoms with Crippen molar-refractivity contribution in [2.75, 3.05) is 13.1 Å². The van der Waals surface area contributed by atoms with Gasteiger partial charge in [0.2, 0.25) is 0 Å². The molecule has 96 valence electrons. The van der Waals surface area contributed by atoms with Crippen molar-refractivity contribution in [1.29, 1.82) is 0 Å². The highest BCUT2D eigenvalue weighted by Crippen LogP contribution is 2.24. The fraction of sp³-hybridized carbons (Fsp3) is 0.769. The Bertz CT molecular complexity index is 359. The second-order valence-electron chi connectivity index (χ2n) is 5.40. The van der Waals surface area contributed by atoms with Gasteiger partial charge in [-0.25, -0.2) is 4.98 Å². The van der Waals surface area contributed by atoms with Gasteiger partial charge < -0.3 is 10.6 Å². The van der Waals surface area contributed by atoms with E-state index in [4.69, 9.17) is 5.73 Å². The number of nitrogens with zero attached hydrogens (tertiary/aromatic N) is 2. The molecule has 1 aliphatic rings. The molecule has 3 nitrogen and oxygen atoms in total. The number of hydrogen-bond acceptors (Lipinski definition) is 4. The monoisotopic (exact) mass is 253 g/mol. The summed E-state index contributed by atoms with van der Waals surface area (Å²) in [5.74, 6) is 0.782. The molecule has 0 aromatic carbocycles. The Morgan fingerprint density at radius 2 is 2.29 bits per heavy atom. The number of likely N-dealkylation sites (tertiary alicyclic amines) is 1. The van der Waals surface area contributed by atoms with Crippen LogP contribution in [-0.2, 0) is 6.42 Å². The molecule has 2 unspecified atom stereocenters. The molecule has 0 aliphatic carbocycles. The predicted octanol–water partition coefficient (Wildman–Crippen LogP) is 2.44. The fourth-order valence-corrected chi connectivity index (χ4v) is 3.39. The van der Waals surface area contributed by atoms with Gasteiger partial charge in [-0.05, 0) is 39.7 Å². The second kappa shape index (κ2) is 5.46. The van der Waals surface area contributed by atoms with Gasteiger partial charge in [-0.15, -0.1) is 11.3 Å². The molecule has 0 bridgehead atoms. The summed E-state index contributed by atoms with van der Waals surface area (Å²) >= 11 is 1.76. The van der Waals surface area contributed by atoms with Gasteiger partial charge in [0.1, 0.15) is 0 Å². The summed E-state index contributed by atoms with van der Waals surface area (Å²) in [4.78, 5) is 7.18. The second-order valence-corrected chi connectivity index (χ2v) is 6.34. The Hall–Kier alpha value is -0.450. The minimum absolute atomic E-state index is 0.0655. The quantitative estimate of drug-likeness (QED) is 0.896. The minimum atomic E-state index is 0.0655. The fourth-order valence-electron chi connectivity index (χ4n) is 2.37. The van der Waals surface area contributed by atoms with E-state index < -0.39 is 0 Å². The van der Waals surface area contributed by atoms with E-state index in [1.54, 1.807) is 11.3 Å². The Kier molecular flexibility index (Phi) is 4.17. The van der Waals surface area contributed by atoms with Crippen LogP contribution in [0.4, 0.5) is 0 Å². The predicted molar refractivity (Wildman–Crippen MR) is 73.2 cm³/mol. The maximum Gasteiger partial charge on any atom is 0.0932 e. The Morgan fingerprint density at radius 3 is 2.82 bits per heavy atom. The summed E-state index contributed by atoms with van der Waals surface area (Å²) in [6.45, 7) is 9.02. The molecule has 0 spiro atoms. The van der Waals surface area contributed by atoms with Crippen LogP contribution in [0.25, 0.3) is 0 Å². The first-order valence-corrected chi connectivity index (χ1v) is 7.38. The van der Waals surface area contributed by atoms with Crippen molar-refractivity contribution in [3.05, 3.63) is 16.1 Å². The third-order valence-electron chi connectivity index (χ3n) is 3.55. The van der Waals surface area contributed by atoms with Gasteiger partial charge in [0.25, 0.3) is 0 Å². The Morgan fingerprint density at radius 1 is 1.53 bits per heavy atom. The number of hydrogen-bond donors (Lipinski definition) is 1. The molecule has 2 heterocycles. The molecule has 1 aliphatic heterocycles. The lowest BCUT2D eigenvalue weighted by molar-refractivity contribution is 0.265. The molecule has 1 aromatic rings. The van der Waals surface area contributed by atoms with Gasteiger partial charge in [-0.3, -0.25) is 0 Å². The van der Waals surface area contributed by atoms with E-state index in [2.05, 4.69) is 29.1 Å². The van der Waals surface area contributed by atoms with Crippen LogP contribution in [-0.4, -0.2) is 29.0 Å². The molecule has 0 amide bonds. The first kappa shape index (κ1) is 13.0. The van der Waals surface area contributed by atoms with Crippen LogP contribution in [0.3, 0.4) is 0 Å². The summed E-state index contributed by atoms with van der Waals surface area (Å²) in [5, 5.41) is 3.36. The molecule has 2 atom stereocenters. The third kappa shape index (κ3) is 3.27. The van der Waals surface area contributed by atoms with Gasteiger partial charge in [0.15, 0.2) is 0 Å². The first-order chi connectivity index (χ1) is 8.06. The van der Waals surface area contributed by atoms with Crippen molar-refractivity contribution in [3.63, 3.8) is 0 Å². The molecule has 1 saturated heterocycles. The van der Waals surface area contributed by atoms with Gasteiger partial charge in [0, 0.05) is 30.4 Å². The van der Waals surface area contributed by atoms with Gasteiger partial charge >= 0.3 is 0 Å². The third-order valence-corrected chi connectivity index (χ3v) is 4.44. The van der Waals surface area contributed by atoms with Crippen LogP contribution >= 0.6 is 11.3 Å². The molecular formula is C13H23N3S. The molecule has 4 heteroatoms. The van der Waals surface area contributed by atoms with Crippen molar-refractivity contribution in [2.45, 2.75) is 45.7 Å². The number of rotatable bonds is 4. The maximum atomic E-state index is 5.83. The van der Waals surface area contributed by atoms with Gasteiger partial charge in [-0.2, -0.15) is 0 Å². The summed E-state index contributed by atoms with van der Waals surface area (Å²) in [6.07, 6.45) is 2.44. The standard InChI is InChI=1S/C13H23N3S/c1-9(2)16-5-4-11(7-16)6-13-15-12(8-17-13)10(3)14/h8-11H,4-7,14H2,1-3H3. The smallest absolute Gasteiger partial charge is 0.0932 e. The van der Waals surface area contributed by atoms with E-state index >= 15 is 0 Å². The topological polar surface area (TPSA) is 42.1 Å². The van der Waals surface area contributed by atoms with Gasteiger partial charge in [0.05, 0.1) is 10.7 Å².